The summed E-state index contributed by atoms with van der Waals surface area (Å²) in [4.78, 5) is 4.25. The topological polar surface area (TPSA) is 42.7 Å². The van der Waals surface area contributed by atoms with Gasteiger partial charge in [0.1, 0.15) is 12.2 Å². The monoisotopic (exact) mass is 194 g/mol. The average Bonchev–Trinajstić information content (AvgIpc) is 2.55. The zero-order valence-corrected chi connectivity index (χ0v) is 8.74. The molecule has 0 amide bonds. The van der Waals surface area contributed by atoms with Crippen LogP contribution in [0.4, 0.5) is 0 Å². The maximum Gasteiger partial charge on any atom is 0.140 e. The fourth-order valence-corrected chi connectivity index (χ4v) is 1.73. The molecule has 78 valence electrons. The van der Waals surface area contributed by atoms with Gasteiger partial charge in [0.25, 0.3) is 0 Å². The lowest BCUT2D eigenvalue weighted by Crippen LogP contribution is -2.23. The van der Waals surface area contributed by atoms with E-state index < -0.39 is 0 Å². The molecule has 1 aliphatic carbocycles. The SMILES string of the molecule is CCNCc1ncnn1CC1CCC1. The normalized spacial score (nSPS) is 16.9. The molecular formula is C10H18N4. The Morgan fingerprint density at radius 1 is 1.57 bits per heavy atom. The predicted octanol–water partition coefficient (Wildman–Crippen LogP) is 1.19. The van der Waals surface area contributed by atoms with Gasteiger partial charge < -0.3 is 5.32 Å². The first kappa shape index (κ1) is 9.65. The lowest BCUT2D eigenvalue weighted by Gasteiger charge is -2.25. The summed E-state index contributed by atoms with van der Waals surface area (Å²) < 4.78 is 2.05. The molecule has 1 saturated carbocycles. The van der Waals surface area contributed by atoms with E-state index in [4.69, 9.17) is 0 Å². The highest BCUT2D eigenvalue weighted by Gasteiger charge is 2.19. The lowest BCUT2D eigenvalue weighted by molar-refractivity contribution is 0.262. The van der Waals surface area contributed by atoms with Gasteiger partial charge in [-0.1, -0.05) is 13.3 Å². The molecule has 1 aromatic rings. The highest BCUT2D eigenvalue weighted by Crippen LogP contribution is 2.27. The van der Waals surface area contributed by atoms with Gasteiger partial charge in [-0.3, -0.25) is 0 Å². The van der Waals surface area contributed by atoms with Gasteiger partial charge in [-0.15, -0.1) is 0 Å². The minimum atomic E-state index is 0.837. The zero-order valence-electron chi connectivity index (χ0n) is 8.74. The van der Waals surface area contributed by atoms with Crippen molar-refractivity contribution in [3.05, 3.63) is 12.2 Å². The fourth-order valence-electron chi connectivity index (χ4n) is 1.73. The quantitative estimate of drug-likeness (QED) is 0.765. The molecule has 1 N–H and O–H groups in total. The van der Waals surface area contributed by atoms with Crippen molar-refractivity contribution in [1.29, 1.82) is 0 Å². The van der Waals surface area contributed by atoms with Crippen molar-refractivity contribution in [3.63, 3.8) is 0 Å². The zero-order chi connectivity index (χ0) is 9.80. The van der Waals surface area contributed by atoms with Crippen molar-refractivity contribution in [3.8, 4) is 0 Å². The molecular weight excluding hydrogens is 176 g/mol. The molecule has 4 nitrogen and oxygen atoms in total. The van der Waals surface area contributed by atoms with Gasteiger partial charge in [0.2, 0.25) is 0 Å². The molecule has 1 aliphatic rings. The summed E-state index contributed by atoms with van der Waals surface area (Å²) in [5.74, 6) is 1.91. The molecule has 2 rings (SSSR count). The molecule has 0 aliphatic heterocycles. The maximum absolute atomic E-state index is 4.26. The number of nitrogens with one attached hydrogen (secondary N) is 1. The molecule has 14 heavy (non-hydrogen) atoms. The summed E-state index contributed by atoms with van der Waals surface area (Å²) in [5, 5.41) is 7.53. The molecule has 0 saturated heterocycles. The third kappa shape index (κ3) is 2.12. The number of aromatic nitrogens is 3. The number of hydrogen-bond acceptors (Lipinski definition) is 3. The van der Waals surface area contributed by atoms with Gasteiger partial charge >= 0.3 is 0 Å². The van der Waals surface area contributed by atoms with E-state index in [2.05, 4.69) is 22.3 Å². The number of nitrogens with zero attached hydrogens (tertiary/aromatic N) is 3. The molecule has 0 radical (unpaired) electrons. The number of rotatable bonds is 5. The third-order valence-electron chi connectivity index (χ3n) is 2.88. The molecule has 1 aromatic heterocycles. The van der Waals surface area contributed by atoms with Crippen molar-refractivity contribution in [2.75, 3.05) is 6.54 Å². The van der Waals surface area contributed by atoms with Crippen LogP contribution >= 0.6 is 0 Å². The second-order valence-electron chi connectivity index (χ2n) is 3.94. The van der Waals surface area contributed by atoms with Gasteiger partial charge in [-0.2, -0.15) is 5.10 Å². The van der Waals surface area contributed by atoms with Gasteiger partial charge in [-0.25, -0.2) is 9.67 Å². The molecule has 0 atom stereocenters. The van der Waals surface area contributed by atoms with Crippen molar-refractivity contribution in [1.82, 2.24) is 20.1 Å². The fraction of sp³-hybridized carbons (Fsp3) is 0.800. The second kappa shape index (κ2) is 4.55. The summed E-state index contributed by atoms with van der Waals surface area (Å²) >= 11 is 0. The van der Waals surface area contributed by atoms with Crippen LogP contribution in [0.2, 0.25) is 0 Å². The Morgan fingerprint density at radius 2 is 2.43 bits per heavy atom. The Morgan fingerprint density at radius 3 is 3.07 bits per heavy atom. The standard InChI is InChI=1S/C10H18N4/c1-2-11-6-10-12-8-13-14(10)7-9-4-3-5-9/h8-9,11H,2-7H2,1H3. The van der Waals surface area contributed by atoms with Crippen LogP contribution < -0.4 is 5.32 Å². The van der Waals surface area contributed by atoms with Crippen LogP contribution in [0.5, 0.6) is 0 Å². The molecule has 4 heteroatoms. The van der Waals surface area contributed by atoms with Crippen molar-refractivity contribution in [2.24, 2.45) is 5.92 Å². The van der Waals surface area contributed by atoms with Crippen LogP contribution in [-0.2, 0) is 13.1 Å². The van der Waals surface area contributed by atoms with E-state index >= 15 is 0 Å². The molecule has 0 spiro atoms. The van der Waals surface area contributed by atoms with Gasteiger partial charge in [0.15, 0.2) is 0 Å². The summed E-state index contributed by atoms with van der Waals surface area (Å²) in [5.41, 5.74) is 0. The van der Waals surface area contributed by atoms with E-state index in [-0.39, 0.29) is 0 Å². The first-order valence-electron chi connectivity index (χ1n) is 5.47. The highest BCUT2D eigenvalue weighted by molar-refractivity contribution is 4.85. The lowest BCUT2D eigenvalue weighted by atomic mass is 9.85. The van der Waals surface area contributed by atoms with E-state index in [0.29, 0.717) is 0 Å². The Labute approximate surface area is 84.7 Å². The summed E-state index contributed by atoms with van der Waals surface area (Å²) in [7, 11) is 0. The van der Waals surface area contributed by atoms with E-state index in [1.54, 1.807) is 6.33 Å². The smallest absolute Gasteiger partial charge is 0.140 e. The van der Waals surface area contributed by atoms with E-state index in [9.17, 15) is 0 Å². The summed E-state index contributed by atoms with van der Waals surface area (Å²) in [6.07, 6.45) is 5.77. The largest absolute Gasteiger partial charge is 0.310 e. The van der Waals surface area contributed by atoms with Gasteiger partial charge in [0.05, 0.1) is 6.54 Å². The van der Waals surface area contributed by atoms with Crippen LogP contribution in [0.15, 0.2) is 6.33 Å². The molecule has 0 unspecified atom stereocenters. The predicted molar refractivity (Wildman–Crippen MR) is 54.7 cm³/mol. The molecule has 0 bridgehead atoms. The van der Waals surface area contributed by atoms with Crippen LogP contribution in [0.3, 0.4) is 0 Å². The van der Waals surface area contributed by atoms with Crippen LogP contribution in [-0.4, -0.2) is 21.3 Å². The Bertz CT molecular complexity index is 277. The van der Waals surface area contributed by atoms with Crippen LogP contribution in [0.25, 0.3) is 0 Å². The number of hydrogen-bond donors (Lipinski definition) is 1. The second-order valence-corrected chi connectivity index (χ2v) is 3.94. The third-order valence-corrected chi connectivity index (χ3v) is 2.88. The molecule has 1 fully saturated rings. The van der Waals surface area contributed by atoms with E-state index in [1.807, 2.05) is 4.68 Å². The molecule has 0 aromatic carbocycles. The summed E-state index contributed by atoms with van der Waals surface area (Å²) in [6.45, 7) is 4.98. The first-order valence-corrected chi connectivity index (χ1v) is 5.47. The Balaban J connectivity index is 1.90. The Hall–Kier alpha value is -0.900. The van der Waals surface area contributed by atoms with Crippen molar-refractivity contribution < 1.29 is 0 Å². The average molecular weight is 194 g/mol. The first-order chi connectivity index (χ1) is 6.90. The van der Waals surface area contributed by atoms with Crippen LogP contribution in [0.1, 0.15) is 32.0 Å². The molecule has 1 heterocycles. The highest BCUT2D eigenvalue weighted by atomic mass is 15.3. The minimum Gasteiger partial charge on any atom is -0.310 e. The van der Waals surface area contributed by atoms with E-state index in [1.165, 1.54) is 19.3 Å². The van der Waals surface area contributed by atoms with Crippen molar-refractivity contribution >= 4 is 0 Å². The van der Waals surface area contributed by atoms with Crippen molar-refractivity contribution in [2.45, 2.75) is 39.3 Å². The Kier molecular flexibility index (Phi) is 3.14. The van der Waals surface area contributed by atoms with Gasteiger partial charge in [-0.05, 0) is 25.3 Å². The maximum atomic E-state index is 4.26. The minimum absolute atomic E-state index is 0.837. The van der Waals surface area contributed by atoms with E-state index in [0.717, 1.165) is 31.4 Å². The summed E-state index contributed by atoms with van der Waals surface area (Å²) in [6, 6.07) is 0. The van der Waals surface area contributed by atoms with Gasteiger partial charge in [0, 0.05) is 6.54 Å². The van der Waals surface area contributed by atoms with Crippen LogP contribution in [0, 0.1) is 5.92 Å².